The van der Waals surface area contributed by atoms with Crippen LogP contribution in [0.15, 0.2) is 0 Å². The molecule has 1 aliphatic heterocycles. The summed E-state index contributed by atoms with van der Waals surface area (Å²) in [6, 6.07) is 0.282. The van der Waals surface area contributed by atoms with Crippen LogP contribution < -0.4 is 11.3 Å². The maximum atomic E-state index is 6.18. The van der Waals surface area contributed by atoms with Crippen molar-refractivity contribution >= 4 is 0 Å². The van der Waals surface area contributed by atoms with Crippen LogP contribution in [0.1, 0.15) is 61.3 Å². The number of nitrogens with one attached hydrogen (secondary N) is 1. The van der Waals surface area contributed by atoms with Gasteiger partial charge >= 0.3 is 0 Å². The number of hydrazine groups is 1. The van der Waals surface area contributed by atoms with Crippen LogP contribution in [-0.2, 0) is 4.74 Å². The smallest absolute Gasteiger partial charge is 0.0678 e. The van der Waals surface area contributed by atoms with E-state index in [2.05, 4.69) is 53.9 Å². The van der Waals surface area contributed by atoms with Crippen molar-refractivity contribution in [1.82, 2.24) is 5.43 Å². The Bertz CT molecular complexity index is 271. The predicted molar refractivity (Wildman–Crippen MR) is 72.5 cm³/mol. The van der Waals surface area contributed by atoms with E-state index in [1.54, 1.807) is 0 Å². The van der Waals surface area contributed by atoms with E-state index >= 15 is 0 Å². The lowest BCUT2D eigenvalue weighted by Gasteiger charge is -2.41. The zero-order valence-electron chi connectivity index (χ0n) is 12.6. The van der Waals surface area contributed by atoms with E-state index in [0.717, 1.165) is 12.8 Å². The molecule has 0 aromatic heterocycles. The average Bonchev–Trinajstić information content (AvgIpc) is 2.35. The molecule has 0 saturated carbocycles. The first-order valence-corrected chi connectivity index (χ1v) is 6.72. The Kier molecular flexibility index (Phi) is 3.98. The molecule has 0 aliphatic carbocycles. The highest BCUT2D eigenvalue weighted by atomic mass is 16.5. The summed E-state index contributed by atoms with van der Waals surface area (Å²) >= 11 is 0. The van der Waals surface area contributed by atoms with Gasteiger partial charge in [0.25, 0.3) is 0 Å². The molecule has 3 N–H and O–H groups in total. The summed E-state index contributed by atoms with van der Waals surface area (Å²) in [6.45, 7) is 15.5. The molecular weight excluding hydrogens is 212 g/mol. The lowest BCUT2D eigenvalue weighted by atomic mass is 9.69. The number of hydrogen-bond acceptors (Lipinski definition) is 3. The highest BCUT2D eigenvalue weighted by molar-refractivity contribution is 5.02. The Morgan fingerprint density at radius 2 is 1.88 bits per heavy atom. The third kappa shape index (κ3) is 3.01. The first-order valence-electron chi connectivity index (χ1n) is 6.72. The van der Waals surface area contributed by atoms with Gasteiger partial charge in [-0.25, -0.2) is 0 Å². The number of ether oxygens (including phenoxy) is 1. The molecule has 2 atom stereocenters. The SMILES string of the molecule is CCC(C)(C)C(NN)C1CC(C)(C)OC1(C)C. The molecule has 102 valence electrons. The monoisotopic (exact) mass is 242 g/mol. The van der Waals surface area contributed by atoms with Crippen LogP contribution in [0, 0.1) is 11.3 Å². The van der Waals surface area contributed by atoms with Crippen molar-refractivity contribution in [1.29, 1.82) is 0 Å². The normalized spacial score (nSPS) is 29.3. The Morgan fingerprint density at radius 3 is 2.18 bits per heavy atom. The Hall–Kier alpha value is -0.120. The van der Waals surface area contributed by atoms with Crippen molar-refractivity contribution in [2.45, 2.75) is 78.6 Å². The van der Waals surface area contributed by atoms with Crippen LogP contribution >= 0.6 is 0 Å². The fourth-order valence-corrected chi connectivity index (χ4v) is 3.23. The summed E-state index contributed by atoms with van der Waals surface area (Å²) in [6.07, 6.45) is 2.16. The van der Waals surface area contributed by atoms with Crippen LogP contribution in [0.2, 0.25) is 0 Å². The first-order chi connectivity index (χ1) is 7.56. The fourth-order valence-electron chi connectivity index (χ4n) is 3.23. The minimum absolute atomic E-state index is 0.0485. The first kappa shape index (κ1) is 14.9. The van der Waals surface area contributed by atoms with Crippen LogP contribution in [0.25, 0.3) is 0 Å². The van der Waals surface area contributed by atoms with Crippen LogP contribution in [-0.4, -0.2) is 17.2 Å². The summed E-state index contributed by atoms with van der Waals surface area (Å²) in [5.41, 5.74) is 3.06. The molecule has 0 amide bonds. The summed E-state index contributed by atoms with van der Waals surface area (Å²) in [5, 5.41) is 0. The summed E-state index contributed by atoms with van der Waals surface area (Å²) in [7, 11) is 0. The molecule has 0 aromatic carbocycles. The summed E-state index contributed by atoms with van der Waals surface area (Å²) in [5.74, 6) is 6.26. The zero-order valence-corrected chi connectivity index (χ0v) is 12.6. The minimum atomic E-state index is -0.118. The van der Waals surface area contributed by atoms with Gasteiger partial charge in [0, 0.05) is 12.0 Å². The van der Waals surface area contributed by atoms with Crippen molar-refractivity contribution < 1.29 is 4.74 Å². The summed E-state index contributed by atoms with van der Waals surface area (Å²) in [4.78, 5) is 0. The zero-order chi connectivity index (χ0) is 13.5. The second-order valence-electron chi connectivity index (χ2n) is 7.26. The maximum Gasteiger partial charge on any atom is 0.0678 e. The van der Waals surface area contributed by atoms with Crippen molar-refractivity contribution in [3.63, 3.8) is 0 Å². The average molecular weight is 242 g/mol. The molecule has 1 aliphatic rings. The van der Waals surface area contributed by atoms with E-state index < -0.39 is 0 Å². The molecule has 0 spiro atoms. The third-order valence-electron chi connectivity index (χ3n) is 4.48. The summed E-state index contributed by atoms with van der Waals surface area (Å²) < 4.78 is 6.18. The second-order valence-corrected chi connectivity index (χ2v) is 7.26. The third-order valence-corrected chi connectivity index (χ3v) is 4.48. The molecular formula is C14H30N2O. The van der Waals surface area contributed by atoms with Crippen LogP contribution in [0.3, 0.4) is 0 Å². The lowest BCUT2D eigenvalue weighted by molar-refractivity contribution is -0.0823. The van der Waals surface area contributed by atoms with Crippen molar-refractivity contribution in [3.05, 3.63) is 0 Å². The number of nitrogens with two attached hydrogens (primary N) is 1. The van der Waals surface area contributed by atoms with Gasteiger partial charge in [0.15, 0.2) is 0 Å². The van der Waals surface area contributed by atoms with E-state index in [1.807, 2.05) is 0 Å². The van der Waals surface area contributed by atoms with Gasteiger partial charge in [-0.3, -0.25) is 11.3 Å². The van der Waals surface area contributed by atoms with Crippen LogP contribution in [0.5, 0.6) is 0 Å². The molecule has 0 radical (unpaired) electrons. The van der Waals surface area contributed by atoms with Gasteiger partial charge in [-0.2, -0.15) is 0 Å². The molecule has 0 aromatic rings. The molecule has 1 rings (SSSR count). The van der Waals surface area contributed by atoms with Crippen LogP contribution in [0.4, 0.5) is 0 Å². The van der Waals surface area contributed by atoms with Gasteiger partial charge in [-0.15, -0.1) is 0 Å². The van der Waals surface area contributed by atoms with Gasteiger partial charge in [0.05, 0.1) is 11.2 Å². The quantitative estimate of drug-likeness (QED) is 0.588. The fraction of sp³-hybridized carbons (Fsp3) is 1.00. The molecule has 3 nitrogen and oxygen atoms in total. The standard InChI is InChI=1S/C14H30N2O/c1-8-12(2,3)11(16-15)10-9-13(4,5)17-14(10,6)7/h10-11,16H,8-9,15H2,1-7H3. The Labute approximate surface area is 106 Å². The Morgan fingerprint density at radius 1 is 1.35 bits per heavy atom. The van der Waals surface area contributed by atoms with Crippen molar-refractivity contribution in [2.75, 3.05) is 0 Å². The molecule has 3 heteroatoms. The van der Waals surface area contributed by atoms with Gasteiger partial charge < -0.3 is 4.74 Å². The molecule has 0 bridgehead atoms. The molecule has 17 heavy (non-hydrogen) atoms. The second kappa shape index (κ2) is 4.52. The van der Waals surface area contributed by atoms with E-state index in [-0.39, 0.29) is 22.7 Å². The molecule has 1 heterocycles. The highest BCUT2D eigenvalue weighted by Crippen LogP contribution is 2.47. The van der Waals surface area contributed by atoms with Gasteiger partial charge in [-0.1, -0.05) is 20.8 Å². The van der Waals surface area contributed by atoms with E-state index in [9.17, 15) is 0 Å². The molecule has 1 saturated heterocycles. The molecule has 2 unspecified atom stereocenters. The van der Waals surface area contributed by atoms with Crippen molar-refractivity contribution in [2.24, 2.45) is 17.2 Å². The highest BCUT2D eigenvalue weighted by Gasteiger charge is 2.51. The lowest BCUT2D eigenvalue weighted by Crippen LogP contribution is -2.54. The van der Waals surface area contributed by atoms with E-state index in [4.69, 9.17) is 10.6 Å². The number of rotatable bonds is 4. The van der Waals surface area contributed by atoms with Gasteiger partial charge in [0.2, 0.25) is 0 Å². The predicted octanol–water partition coefficient (Wildman–Crippen LogP) is 2.85. The van der Waals surface area contributed by atoms with Gasteiger partial charge in [-0.05, 0) is 46.0 Å². The van der Waals surface area contributed by atoms with Crippen molar-refractivity contribution in [3.8, 4) is 0 Å². The largest absolute Gasteiger partial charge is 0.369 e. The maximum absolute atomic E-state index is 6.18. The topological polar surface area (TPSA) is 47.3 Å². The Balaban J connectivity index is 2.98. The van der Waals surface area contributed by atoms with E-state index in [1.165, 1.54) is 0 Å². The van der Waals surface area contributed by atoms with Gasteiger partial charge in [0.1, 0.15) is 0 Å². The molecule has 1 fully saturated rings. The van der Waals surface area contributed by atoms with E-state index in [0.29, 0.717) is 5.92 Å². The number of hydrogen-bond donors (Lipinski definition) is 2. The minimum Gasteiger partial charge on any atom is -0.369 e.